The third kappa shape index (κ3) is 3.11. The van der Waals surface area contributed by atoms with E-state index in [1.807, 2.05) is 0 Å². The van der Waals surface area contributed by atoms with Gasteiger partial charge in [0.05, 0.1) is 36.8 Å². The summed E-state index contributed by atoms with van der Waals surface area (Å²) in [4.78, 5) is 4.03. The smallest absolute Gasteiger partial charge is 0.250 e. The van der Waals surface area contributed by atoms with Crippen LogP contribution in [0.4, 0.5) is 15.8 Å². The van der Waals surface area contributed by atoms with E-state index in [1.54, 1.807) is 30.6 Å². The summed E-state index contributed by atoms with van der Waals surface area (Å²) in [5.74, 6) is 0.582. The van der Waals surface area contributed by atoms with Gasteiger partial charge in [0.1, 0.15) is 11.6 Å². The number of hydrogen-bond acceptors (Lipinski definition) is 7. The molecule has 3 aromatic rings. The average Bonchev–Trinajstić information content (AvgIpc) is 3.06. The van der Waals surface area contributed by atoms with E-state index in [9.17, 15) is 4.39 Å². The predicted molar refractivity (Wildman–Crippen MR) is 81.7 cm³/mol. The third-order valence-electron chi connectivity index (χ3n) is 3.14. The van der Waals surface area contributed by atoms with Gasteiger partial charge < -0.3 is 20.2 Å². The van der Waals surface area contributed by atoms with Crippen molar-refractivity contribution < 1.29 is 13.5 Å². The van der Waals surface area contributed by atoms with Crippen molar-refractivity contribution in [3.8, 4) is 17.2 Å². The Labute approximate surface area is 131 Å². The molecule has 1 aromatic carbocycles. The zero-order valence-corrected chi connectivity index (χ0v) is 12.3. The van der Waals surface area contributed by atoms with Crippen LogP contribution in [0.2, 0.25) is 0 Å². The molecule has 7 nitrogen and oxygen atoms in total. The lowest BCUT2D eigenvalue weighted by molar-refractivity contribution is 0.411. The number of benzene rings is 1. The standard InChI is InChI=1S/C15H14FN5O2/c1-22-9-2-3-12(11(16)6-9)19-13-8-18-5-4-10(13)15-21-20-14(7-17)23-15/h2-6,8,19H,7,17H2,1H3. The Morgan fingerprint density at radius 3 is 2.83 bits per heavy atom. The normalized spacial score (nSPS) is 10.6. The van der Waals surface area contributed by atoms with E-state index < -0.39 is 5.82 Å². The Hall–Kier alpha value is -3.00. The van der Waals surface area contributed by atoms with Crippen molar-refractivity contribution in [1.82, 2.24) is 15.2 Å². The van der Waals surface area contributed by atoms with Gasteiger partial charge in [-0.1, -0.05) is 0 Å². The lowest BCUT2D eigenvalue weighted by Crippen LogP contribution is -1.97. The maximum absolute atomic E-state index is 14.1. The van der Waals surface area contributed by atoms with Crippen molar-refractivity contribution in [3.05, 3.63) is 48.4 Å². The van der Waals surface area contributed by atoms with Gasteiger partial charge in [-0.2, -0.15) is 0 Å². The summed E-state index contributed by atoms with van der Waals surface area (Å²) in [6.45, 7) is 0.147. The molecule has 0 aliphatic rings. The summed E-state index contributed by atoms with van der Waals surface area (Å²) < 4.78 is 24.5. The van der Waals surface area contributed by atoms with Crippen molar-refractivity contribution in [2.45, 2.75) is 6.54 Å². The summed E-state index contributed by atoms with van der Waals surface area (Å²) in [6.07, 6.45) is 3.13. The molecule has 3 rings (SSSR count). The van der Waals surface area contributed by atoms with Gasteiger partial charge in [-0.05, 0) is 18.2 Å². The largest absolute Gasteiger partial charge is 0.497 e. The Morgan fingerprint density at radius 1 is 1.26 bits per heavy atom. The van der Waals surface area contributed by atoms with Gasteiger partial charge in [0.25, 0.3) is 0 Å². The molecular weight excluding hydrogens is 301 g/mol. The second-order valence-electron chi connectivity index (χ2n) is 4.60. The first kappa shape index (κ1) is 14.9. The second-order valence-corrected chi connectivity index (χ2v) is 4.60. The zero-order chi connectivity index (χ0) is 16.2. The lowest BCUT2D eigenvalue weighted by Gasteiger charge is -2.11. The molecule has 0 fully saturated rings. The van der Waals surface area contributed by atoms with E-state index in [0.29, 0.717) is 22.9 Å². The van der Waals surface area contributed by atoms with E-state index in [-0.39, 0.29) is 18.1 Å². The van der Waals surface area contributed by atoms with Gasteiger partial charge >= 0.3 is 0 Å². The summed E-state index contributed by atoms with van der Waals surface area (Å²) >= 11 is 0. The highest BCUT2D eigenvalue weighted by Gasteiger charge is 2.14. The zero-order valence-electron chi connectivity index (χ0n) is 12.3. The maximum Gasteiger partial charge on any atom is 0.250 e. The highest BCUT2D eigenvalue weighted by molar-refractivity contribution is 5.76. The number of rotatable bonds is 5. The summed E-state index contributed by atoms with van der Waals surface area (Å²) in [5.41, 5.74) is 6.87. The van der Waals surface area contributed by atoms with Crippen LogP contribution in [-0.2, 0) is 6.54 Å². The maximum atomic E-state index is 14.1. The van der Waals surface area contributed by atoms with Gasteiger partial charge in [-0.15, -0.1) is 10.2 Å². The minimum absolute atomic E-state index is 0.147. The van der Waals surface area contributed by atoms with Crippen LogP contribution >= 0.6 is 0 Å². The van der Waals surface area contributed by atoms with E-state index >= 15 is 0 Å². The van der Waals surface area contributed by atoms with E-state index in [4.69, 9.17) is 14.9 Å². The minimum Gasteiger partial charge on any atom is -0.497 e. The molecule has 23 heavy (non-hydrogen) atoms. The molecule has 118 valence electrons. The molecule has 0 aliphatic heterocycles. The molecule has 2 aromatic heterocycles. The average molecular weight is 315 g/mol. The van der Waals surface area contributed by atoms with Crippen LogP contribution in [0.15, 0.2) is 41.1 Å². The lowest BCUT2D eigenvalue weighted by atomic mass is 10.2. The number of methoxy groups -OCH3 is 1. The number of nitrogens with zero attached hydrogens (tertiary/aromatic N) is 3. The molecule has 0 spiro atoms. The molecule has 0 bridgehead atoms. The van der Waals surface area contributed by atoms with Crippen LogP contribution in [0.3, 0.4) is 0 Å². The molecule has 8 heteroatoms. The summed E-state index contributed by atoms with van der Waals surface area (Å²) in [5, 5.41) is 10.7. The van der Waals surface area contributed by atoms with Crippen LogP contribution in [0, 0.1) is 5.82 Å². The number of hydrogen-bond donors (Lipinski definition) is 2. The fraction of sp³-hybridized carbons (Fsp3) is 0.133. The number of ether oxygens (including phenoxy) is 1. The molecule has 3 N–H and O–H groups in total. The van der Waals surface area contributed by atoms with E-state index in [2.05, 4.69) is 20.5 Å². The molecule has 0 atom stereocenters. The predicted octanol–water partition coefficient (Wildman–Crippen LogP) is 2.48. The number of halogens is 1. The molecule has 2 heterocycles. The Balaban J connectivity index is 1.95. The number of anilines is 2. The van der Waals surface area contributed by atoms with E-state index in [0.717, 1.165) is 0 Å². The van der Waals surface area contributed by atoms with Crippen LogP contribution < -0.4 is 15.8 Å². The Kier molecular flexibility index (Phi) is 4.15. The highest BCUT2D eigenvalue weighted by Crippen LogP contribution is 2.30. The number of nitrogens with one attached hydrogen (secondary N) is 1. The van der Waals surface area contributed by atoms with Crippen LogP contribution in [0.1, 0.15) is 5.89 Å². The van der Waals surface area contributed by atoms with Crippen molar-refractivity contribution in [3.63, 3.8) is 0 Å². The quantitative estimate of drug-likeness (QED) is 0.746. The van der Waals surface area contributed by atoms with Crippen molar-refractivity contribution in [1.29, 1.82) is 0 Å². The first-order chi connectivity index (χ1) is 11.2. The minimum atomic E-state index is -0.452. The SMILES string of the molecule is COc1ccc(Nc2cnccc2-c2nnc(CN)o2)c(F)c1. The Bertz CT molecular complexity index is 821. The number of aromatic nitrogens is 3. The fourth-order valence-electron chi connectivity index (χ4n) is 1.99. The Morgan fingerprint density at radius 2 is 2.13 bits per heavy atom. The molecule has 0 amide bonds. The fourth-order valence-corrected chi connectivity index (χ4v) is 1.99. The molecule has 0 radical (unpaired) electrons. The van der Waals surface area contributed by atoms with Gasteiger partial charge in [0, 0.05) is 12.3 Å². The highest BCUT2D eigenvalue weighted by atomic mass is 19.1. The van der Waals surface area contributed by atoms with Gasteiger partial charge in [0.2, 0.25) is 11.8 Å². The van der Waals surface area contributed by atoms with Crippen LogP contribution in [0.5, 0.6) is 5.75 Å². The van der Waals surface area contributed by atoms with Crippen molar-refractivity contribution in [2.75, 3.05) is 12.4 Å². The first-order valence-electron chi connectivity index (χ1n) is 6.78. The molecule has 0 unspecified atom stereocenters. The monoisotopic (exact) mass is 315 g/mol. The topological polar surface area (TPSA) is 99.1 Å². The van der Waals surface area contributed by atoms with Gasteiger partial charge in [0.15, 0.2) is 0 Å². The van der Waals surface area contributed by atoms with E-state index in [1.165, 1.54) is 13.2 Å². The van der Waals surface area contributed by atoms with Crippen molar-refractivity contribution >= 4 is 11.4 Å². The van der Waals surface area contributed by atoms with Crippen LogP contribution in [-0.4, -0.2) is 22.3 Å². The number of nitrogens with two attached hydrogens (primary N) is 1. The van der Waals surface area contributed by atoms with Gasteiger partial charge in [-0.3, -0.25) is 4.98 Å². The summed E-state index contributed by atoms with van der Waals surface area (Å²) in [6, 6.07) is 6.21. The van der Waals surface area contributed by atoms with Crippen molar-refractivity contribution in [2.24, 2.45) is 5.73 Å². The number of pyridine rings is 1. The van der Waals surface area contributed by atoms with Gasteiger partial charge in [-0.25, -0.2) is 4.39 Å². The van der Waals surface area contributed by atoms with Crippen LogP contribution in [0.25, 0.3) is 11.5 Å². The third-order valence-corrected chi connectivity index (χ3v) is 3.14. The molecule has 0 saturated heterocycles. The first-order valence-corrected chi connectivity index (χ1v) is 6.78. The molecule has 0 aliphatic carbocycles. The summed E-state index contributed by atoms with van der Waals surface area (Å²) in [7, 11) is 1.48. The second kappa shape index (κ2) is 6.41. The molecular formula is C15H14FN5O2. The molecule has 0 saturated carbocycles.